The number of urea groups is 1. The summed E-state index contributed by atoms with van der Waals surface area (Å²) in [6, 6.07) is 7.57. The number of aryl methyl sites for hydroxylation is 1. The number of benzene rings is 1. The van der Waals surface area contributed by atoms with E-state index in [0.717, 1.165) is 31.4 Å². The van der Waals surface area contributed by atoms with Gasteiger partial charge in [0.1, 0.15) is 0 Å². The normalized spacial score (nSPS) is 22.8. The molecule has 3 N–H and O–H groups in total. The quantitative estimate of drug-likeness (QED) is 0.784. The number of carbonyl (C=O) groups excluding carboxylic acids is 1. The summed E-state index contributed by atoms with van der Waals surface area (Å²) < 4.78 is 0. The molecule has 2 amide bonds. The van der Waals surface area contributed by atoms with Crippen molar-refractivity contribution in [3.05, 3.63) is 29.8 Å². The lowest BCUT2D eigenvalue weighted by Gasteiger charge is -2.25. The van der Waals surface area contributed by atoms with E-state index in [2.05, 4.69) is 10.6 Å². The molecule has 0 saturated heterocycles. The van der Waals surface area contributed by atoms with E-state index in [4.69, 9.17) is 0 Å². The van der Waals surface area contributed by atoms with Crippen LogP contribution in [0.3, 0.4) is 0 Å². The van der Waals surface area contributed by atoms with Crippen LogP contribution in [-0.4, -0.2) is 23.8 Å². The minimum atomic E-state index is -0.157. The van der Waals surface area contributed by atoms with Crippen molar-refractivity contribution in [2.24, 2.45) is 5.92 Å². The van der Waals surface area contributed by atoms with E-state index in [1.807, 2.05) is 31.2 Å². The Balaban J connectivity index is 1.71. The van der Waals surface area contributed by atoms with Gasteiger partial charge in [0, 0.05) is 12.2 Å². The Morgan fingerprint density at radius 1 is 1.21 bits per heavy atom. The summed E-state index contributed by atoms with van der Waals surface area (Å²) in [5.41, 5.74) is 1.98. The van der Waals surface area contributed by atoms with Crippen molar-refractivity contribution in [1.82, 2.24) is 5.32 Å². The molecule has 0 unspecified atom stereocenters. The number of carbonyl (C=O) groups is 1. The lowest BCUT2D eigenvalue weighted by Crippen LogP contribution is -2.34. The van der Waals surface area contributed by atoms with Gasteiger partial charge in [-0.2, -0.15) is 0 Å². The summed E-state index contributed by atoms with van der Waals surface area (Å²) in [7, 11) is 0. The van der Waals surface area contributed by atoms with Crippen molar-refractivity contribution in [2.45, 2.75) is 38.7 Å². The number of rotatable bonds is 3. The topological polar surface area (TPSA) is 61.4 Å². The van der Waals surface area contributed by atoms with Crippen LogP contribution in [0.15, 0.2) is 24.3 Å². The van der Waals surface area contributed by atoms with Gasteiger partial charge in [-0.15, -0.1) is 0 Å². The summed E-state index contributed by atoms with van der Waals surface area (Å²) in [6.07, 6.45) is 3.55. The van der Waals surface area contributed by atoms with E-state index < -0.39 is 0 Å². The van der Waals surface area contributed by atoms with Crippen LogP contribution in [0.25, 0.3) is 0 Å². The first-order chi connectivity index (χ1) is 9.13. The molecular weight excluding hydrogens is 240 g/mol. The molecule has 19 heavy (non-hydrogen) atoms. The van der Waals surface area contributed by atoms with Crippen LogP contribution in [0.2, 0.25) is 0 Å². The second-order valence-corrected chi connectivity index (χ2v) is 5.38. The Morgan fingerprint density at radius 2 is 1.84 bits per heavy atom. The summed E-state index contributed by atoms with van der Waals surface area (Å²) in [5.74, 6) is 0.493. The largest absolute Gasteiger partial charge is 0.393 e. The van der Waals surface area contributed by atoms with Gasteiger partial charge >= 0.3 is 6.03 Å². The Morgan fingerprint density at radius 3 is 2.47 bits per heavy atom. The van der Waals surface area contributed by atoms with Crippen molar-refractivity contribution >= 4 is 11.7 Å². The SMILES string of the molecule is Cc1ccc(NC(=O)NCC2CCC(O)CC2)cc1. The third kappa shape index (κ3) is 4.56. The Hall–Kier alpha value is -1.55. The van der Waals surface area contributed by atoms with Crippen molar-refractivity contribution in [3.8, 4) is 0 Å². The Bertz CT molecular complexity index is 409. The van der Waals surface area contributed by atoms with Crippen molar-refractivity contribution in [3.63, 3.8) is 0 Å². The second-order valence-electron chi connectivity index (χ2n) is 5.38. The van der Waals surface area contributed by atoms with E-state index in [1.54, 1.807) is 0 Å². The molecule has 4 nitrogen and oxygen atoms in total. The number of nitrogens with one attached hydrogen (secondary N) is 2. The van der Waals surface area contributed by atoms with Crippen LogP contribution in [0, 0.1) is 12.8 Å². The van der Waals surface area contributed by atoms with E-state index in [-0.39, 0.29) is 12.1 Å². The minimum absolute atomic E-state index is 0.141. The number of hydrogen-bond donors (Lipinski definition) is 3. The molecular formula is C15H22N2O2. The third-order valence-electron chi connectivity index (χ3n) is 3.68. The monoisotopic (exact) mass is 262 g/mol. The average molecular weight is 262 g/mol. The fraction of sp³-hybridized carbons (Fsp3) is 0.533. The van der Waals surface area contributed by atoms with Gasteiger partial charge in [-0.1, -0.05) is 17.7 Å². The molecule has 1 aliphatic rings. The van der Waals surface area contributed by atoms with E-state index in [9.17, 15) is 9.90 Å². The van der Waals surface area contributed by atoms with Gasteiger partial charge < -0.3 is 15.7 Å². The fourth-order valence-electron chi connectivity index (χ4n) is 2.40. The van der Waals surface area contributed by atoms with Crippen LogP contribution >= 0.6 is 0 Å². The molecule has 2 rings (SSSR count). The van der Waals surface area contributed by atoms with Gasteiger partial charge in [-0.05, 0) is 50.7 Å². The average Bonchev–Trinajstić information content (AvgIpc) is 2.41. The van der Waals surface area contributed by atoms with Crippen LogP contribution < -0.4 is 10.6 Å². The minimum Gasteiger partial charge on any atom is -0.393 e. The van der Waals surface area contributed by atoms with Gasteiger partial charge in [0.05, 0.1) is 6.10 Å². The van der Waals surface area contributed by atoms with Crippen LogP contribution in [0.4, 0.5) is 10.5 Å². The third-order valence-corrected chi connectivity index (χ3v) is 3.68. The van der Waals surface area contributed by atoms with E-state index in [1.165, 1.54) is 5.56 Å². The molecule has 1 aliphatic carbocycles. The molecule has 4 heteroatoms. The first-order valence-corrected chi connectivity index (χ1v) is 6.93. The Kier molecular flexibility index (Phi) is 4.80. The molecule has 0 aliphatic heterocycles. The van der Waals surface area contributed by atoms with Gasteiger partial charge in [0.2, 0.25) is 0 Å². The summed E-state index contributed by atoms with van der Waals surface area (Å²) in [6.45, 7) is 2.70. The fourth-order valence-corrected chi connectivity index (χ4v) is 2.40. The zero-order valence-corrected chi connectivity index (χ0v) is 11.4. The van der Waals surface area contributed by atoms with Gasteiger partial charge in [0.25, 0.3) is 0 Å². The standard InChI is InChI=1S/C15H22N2O2/c1-11-2-6-13(7-3-11)17-15(19)16-10-12-4-8-14(18)9-5-12/h2-3,6-7,12,14,18H,4-5,8-10H2,1H3,(H2,16,17,19). The molecule has 1 aromatic rings. The maximum absolute atomic E-state index is 11.7. The molecule has 104 valence electrons. The second kappa shape index (κ2) is 6.57. The zero-order chi connectivity index (χ0) is 13.7. The summed E-state index contributed by atoms with van der Waals surface area (Å²) >= 11 is 0. The van der Waals surface area contributed by atoms with Crippen molar-refractivity contribution in [1.29, 1.82) is 0 Å². The molecule has 0 spiro atoms. The number of aliphatic hydroxyl groups excluding tert-OH is 1. The van der Waals surface area contributed by atoms with Crippen LogP contribution in [0.1, 0.15) is 31.2 Å². The van der Waals surface area contributed by atoms with Gasteiger partial charge in [-0.25, -0.2) is 4.79 Å². The van der Waals surface area contributed by atoms with Crippen LogP contribution in [-0.2, 0) is 0 Å². The summed E-state index contributed by atoms with van der Waals surface area (Å²) in [5, 5.41) is 15.1. The molecule has 0 atom stereocenters. The number of amides is 2. The lowest BCUT2D eigenvalue weighted by molar-refractivity contribution is 0.109. The highest BCUT2D eigenvalue weighted by molar-refractivity contribution is 5.89. The molecule has 1 fully saturated rings. The molecule has 0 heterocycles. The van der Waals surface area contributed by atoms with Crippen molar-refractivity contribution in [2.75, 3.05) is 11.9 Å². The highest BCUT2D eigenvalue weighted by atomic mass is 16.3. The summed E-state index contributed by atoms with van der Waals surface area (Å²) in [4.78, 5) is 11.7. The van der Waals surface area contributed by atoms with Crippen LogP contribution in [0.5, 0.6) is 0 Å². The van der Waals surface area contributed by atoms with E-state index in [0.29, 0.717) is 12.5 Å². The highest BCUT2D eigenvalue weighted by Gasteiger charge is 2.19. The molecule has 0 bridgehead atoms. The molecule has 0 aromatic heterocycles. The van der Waals surface area contributed by atoms with Gasteiger partial charge in [0.15, 0.2) is 0 Å². The highest BCUT2D eigenvalue weighted by Crippen LogP contribution is 2.23. The molecule has 1 aromatic carbocycles. The lowest BCUT2D eigenvalue weighted by atomic mass is 9.87. The number of hydrogen-bond acceptors (Lipinski definition) is 2. The first-order valence-electron chi connectivity index (χ1n) is 6.93. The number of aliphatic hydroxyl groups is 1. The van der Waals surface area contributed by atoms with Gasteiger partial charge in [-0.3, -0.25) is 0 Å². The Labute approximate surface area is 114 Å². The molecule has 1 saturated carbocycles. The molecule has 0 radical (unpaired) electrons. The number of anilines is 1. The van der Waals surface area contributed by atoms with Crippen molar-refractivity contribution < 1.29 is 9.90 Å². The first kappa shape index (κ1) is 13.9. The maximum Gasteiger partial charge on any atom is 0.319 e. The smallest absolute Gasteiger partial charge is 0.319 e. The zero-order valence-electron chi connectivity index (χ0n) is 11.4. The predicted octanol–water partition coefficient (Wildman–Crippen LogP) is 2.67. The maximum atomic E-state index is 11.7. The predicted molar refractivity (Wildman–Crippen MR) is 76.2 cm³/mol. The van der Waals surface area contributed by atoms with E-state index >= 15 is 0 Å².